The number of nitrogens with zero attached hydrogens (tertiary/aromatic N) is 1. The molecule has 2 heteroatoms. The van der Waals surface area contributed by atoms with E-state index in [1.807, 2.05) is 0 Å². The SMILES string of the molecule is CC=C(C)N1CCC[C@H](COC)C1. The largest absolute Gasteiger partial charge is 0.384 e. The Morgan fingerprint density at radius 2 is 2.38 bits per heavy atom. The first-order chi connectivity index (χ1) is 6.27. The first kappa shape index (κ1) is 10.6. The molecule has 1 rings (SSSR count). The van der Waals surface area contributed by atoms with Crippen LogP contribution in [0.1, 0.15) is 26.7 Å². The van der Waals surface area contributed by atoms with Crippen molar-refractivity contribution in [3.63, 3.8) is 0 Å². The van der Waals surface area contributed by atoms with Gasteiger partial charge in [-0.15, -0.1) is 0 Å². The van der Waals surface area contributed by atoms with Crippen LogP contribution in [-0.4, -0.2) is 31.7 Å². The molecule has 2 nitrogen and oxygen atoms in total. The average Bonchev–Trinajstić information content (AvgIpc) is 2.18. The quantitative estimate of drug-likeness (QED) is 0.665. The van der Waals surface area contributed by atoms with Crippen molar-refractivity contribution in [3.05, 3.63) is 11.8 Å². The van der Waals surface area contributed by atoms with Crippen LogP contribution in [0.4, 0.5) is 0 Å². The molecule has 0 N–H and O–H groups in total. The van der Waals surface area contributed by atoms with E-state index >= 15 is 0 Å². The number of ether oxygens (including phenoxy) is 1. The third-order valence-corrected chi connectivity index (χ3v) is 2.84. The Morgan fingerprint density at radius 1 is 1.62 bits per heavy atom. The van der Waals surface area contributed by atoms with Crippen molar-refractivity contribution in [2.75, 3.05) is 26.8 Å². The first-order valence-corrected chi connectivity index (χ1v) is 5.14. The highest BCUT2D eigenvalue weighted by Crippen LogP contribution is 2.19. The van der Waals surface area contributed by atoms with E-state index in [1.165, 1.54) is 31.6 Å². The standard InChI is InChI=1S/C11H21NO/c1-4-10(2)12-7-5-6-11(8-12)9-13-3/h4,11H,5-9H2,1-3H3/t11-/m0/s1. The number of likely N-dealkylation sites (tertiary alicyclic amines) is 1. The lowest BCUT2D eigenvalue weighted by Gasteiger charge is -2.34. The Labute approximate surface area is 81.6 Å². The normalized spacial score (nSPS) is 25.0. The van der Waals surface area contributed by atoms with Gasteiger partial charge in [0.2, 0.25) is 0 Å². The molecular formula is C11H21NO. The van der Waals surface area contributed by atoms with Gasteiger partial charge in [0, 0.05) is 25.9 Å². The highest BCUT2D eigenvalue weighted by molar-refractivity contribution is 4.97. The number of piperidine rings is 1. The van der Waals surface area contributed by atoms with E-state index in [2.05, 4.69) is 24.8 Å². The van der Waals surface area contributed by atoms with Gasteiger partial charge in [0.15, 0.2) is 0 Å². The maximum atomic E-state index is 5.20. The molecule has 0 aromatic rings. The van der Waals surface area contributed by atoms with Crippen LogP contribution in [0.25, 0.3) is 0 Å². The van der Waals surface area contributed by atoms with Gasteiger partial charge in [-0.2, -0.15) is 0 Å². The summed E-state index contributed by atoms with van der Waals surface area (Å²) in [4.78, 5) is 2.47. The molecule has 1 atom stereocenters. The molecule has 1 heterocycles. The summed E-state index contributed by atoms with van der Waals surface area (Å²) in [7, 11) is 1.79. The van der Waals surface area contributed by atoms with Crippen molar-refractivity contribution in [1.82, 2.24) is 4.90 Å². The first-order valence-electron chi connectivity index (χ1n) is 5.14. The van der Waals surface area contributed by atoms with E-state index in [4.69, 9.17) is 4.74 Å². The van der Waals surface area contributed by atoms with Crippen LogP contribution in [0, 0.1) is 5.92 Å². The van der Waals surface area contributed by atoms with Gasteiger partial charge in [0.1, 0.15) is 0 Å². The summed E-state index contributed by atoms with van der Waals surface area (Å²) < 4.78 is 5.20. The summed E-state index contributed by atoms with van der Waals surface area (Å²) >= 11 is 0. The second-order valence-corrected chi connectivity index (χ2v) is 3.84. The van der Waals surface area contributed by atoms with Crippen molar-refractivity contribution in [3.8, 4) is 0 Å². The fraction of sp³-hybridized carbons (Fsp3) is 0.818. The van der Waals surface area contributed by atoms with E-state index in [9.17, 15) is 0 Å². The van der Waals surface area contributed by atoms with Crippen molar-refractivity contribution in [1.29, 1.82) is 0 Å². The molecule has 13 heavy (non-hydrogen) atoms. The second kappa shape index (κ2) is 5.28. The molecule has 1 aliphatic rings. The molecule has 0 saturated carbocycles. The van der Waals surface area contributed by atoms with Crippen molar-refractivity contribution < 1.29 is 4.74 Å². The zero-order valence-corrected chi connectivity index (χ0v) is 9.05. The van der Waals surface area contributed by atoms with E-state index in [1.54, 1.807) is 7.11 Å². The van der Waals surface area contributed by atoms with Crippen molar-refractivity contribution >= 4 is 0 Å². The third kappa shape index (κ3) is 3.03. The maximum absolute atomic E-state index is 5.20. The minimum Gasteiger partial charge on any atom is -0.384 e. The molecule has 0 bridgehead atoms. The highest BCUT2D eigenvalue weighted by atomic mass is 16.5. The van der Waals surface area contributed by atoms with Gasteiger partial charge >= 0.3 is 0 Å². The van der Waals surface area contributed by atoms with Gasteiger partial charge in [-0.3, -0.25) is 0 Å². The summed E-state index contributed by atoms with van der Waals surface area (Å²) in [6.45, 7) is 7.60. The minimum absolute atomic E-state index is 0.730. The van der Waals surface area contributed by atoms with E-state index < -0.39 is 0 Å². The summed E-state index contributed by atoms with van der Waals surface area (Å²) in [5, 5.41) is 0. The summed E-state index contributed by atoms with van der Waals surface area (Å²) in [5.41, 5.74) is 1.40. The summed E-state index contributed by atoms with van der Waals surface area (Å²) in [6, 6.07) is 0. The number of rotatable bonds is 3. The van der Waals surface area contributed by atoms with E-state index in [0.29, 0.717) is 0 Å². The predicted molar refractivity (Wildman–Crippen MR) is 55.6 cm³/mol. The molecule has 0 aromatic heterocycles. The lowest BCUT2D eigenvalue weighted by atomic mass is 9.98. The smallest absolute Gasteiger partial charge is 0.0507 e. The monoisotopic (exact) mass is 183 g/mol. The number of methoxy groups -OCH3 is 1. The van der Waals surface area contributed by atoms with Crippen molar-refractivity contribution in [2.24, 2.45) is 5.92 Å². The van der Waals surface area contributed by atoms with Gasteiger partial charge in [-0.25, -0.2) is 0 Å². The maximum Gasteiger partial charge on any atom is 0.0507 e. The Hall–Kier alpha value is -0.500. The fourth-order valence-electron chi connectivity index (χ4n) is 1.94. The topological polar surface area (TPSA) is 12.5 Å². The lowest BCUT2D eigenvalue weighted by Crippen LogP contribution is -2.35. The average molecular weight is 183 g/mol. The second-order valence-electron chi connectivity index (χ2n) is 3.84. The van der Waals surface area contributed by atoms with Crippen LogP contribution in [0.2, 0.25) is 0 Å². The molecular weight excluding hydrogens is 162 g/mol. The molecule has 0 unspecified atom stereocenters. The summed E-state index contributed by atoms with van der Waals surface area (Å²) in [5.74, 6) is 0.730. The molecule has 0 amide bonds. The minimum atomic E-state index is 0.730. The third-order valence-electron chi connectivity index (χ3n) is 2.84. The van der Waals surface area contributed by atoms with Crippen LogP contribution in [0.3, 0.4) is 0 Å². The Morgan fingerprint density at radius 3 is 3.00 bits per heavy atom. The molecule has 1 fully saturated rings. The Kier molecular flexibility index (Phi) is 4.29. The molecule has 0 aromatic carbocycles. The van der Waals surface area contributed by atoms with Gasteiger partial charge < -0.3 is 9.64 Å². The molecule has 76 valence electrons. The van der Waals surface area contributed by atoms with Crippen LogP contribution < -0.4 is 0 Å². The van der Waals surface area contributed by atoms with Crippen molar-refractivity contribution in [2.45, 2.75) is 26.7 Å². The molecule has 1 saturated heterocycles. The van der Waals surface area contributed by atoms with Gasteiger partial charge in [-0.1, -0.05) is 6.08 Å². The fourth-order valence-corrected chi connectivity index (χ4v) is 1.94. The van der Waals surface area contributed by atoms with E-state index in [-0.39, 0.29) is 0 Å². The van der Waals surface area contributed by atoms with Crippen LogP contribution in [0.15, 0.2) is 11.8 Å². The van der Waals surface area contributed by atoms with Crippen LogP contribution in [-0.2, 0) is 4.74 Å². The zero-order valence-electron chi connectivity index (χ0n) is 9.05. The predicted octanol–water partition coefficient (Wildman–Crippen LogP) is 2.27. The number of hydrogen-bond donors (Lipinski definition) is 0. The number of allylic oxidation sites excluding steroid dienone is 2. The van der Waals surface area contributed by atoms with E-state index in [0.717, 1.165) is 12.5 Å². The zero-order chi connectivity index (χ0) is 9.68. The van der Waals surface area contributed by atoms with Crippen LogP contribution >= 0.6 is 0 Å². The van der Waals surface area contributed by atoms with Crippen LogP contribution in [0.5, 0.6) is 0 Å². The van der Waals surface area contributed by atoms with Gasteiger partial charge in [-0.05, 0) is 32.6 Å². The molecule has 0 spiro atoms. The van der Waals surface area contributed by atoms with Gasteiger partial charge in [0.25, 0.3) is 0 Å². The molecule has 0 aliphatic carbocycles. The Balaban J connectivity index is 2.41. The lowest BCUT2D eigenvalue weighted by molar-refractivity contribution is 0.105. The summed E-state index contributed by atoms with van der Waals surface area (Å²) in [6.07, 6.45) is 4.82. The molecule has 1 aliphatic heterocycles. The number of hydrogen-bond acceptors (Lipinski definition) is 2. The molecule has 0 radical (unpaired) electrons. The Bertz CT molecular complexity index is 175. The highest BCUT2D eigenvalue weighted by Gasteiger charge is 2.19. The van der Waals surface area contributed by atoms with Gasteiger partial charge in [0.05, 0.1) is 6.61 Å².